The van der Waals surface area contributed by atoms with Crippen molar-refractivity contribution in [3.05, 3.63) is 58.6 Å². The van der Waals surface area contributed by atoms with Crippen LogP contribution in [0.2, 0.25) is 5.02 Å². The molecule has 0 aromatic heterocycles. The second kappa shape index (κ2) is 11.8. The molecule has 0 amide bonds. The van der Waals surface area contributed by atoms with E-state index in [0.29, 0.717) is 22.8 Å². The maximum absolute atomic E-state index is 12.7. The Morgan fingerprint density at radius 1 is 1.03 bits per heavy atom. The van der Waals surface area contributed by atoms with Gasteiger partial charge in [0.1, 0.15) is 11.5 Å². The molecule has 2 aromatic carbocycles. The summed E-state index contributed by atoms with van der Waals surface area (Å²) in [4.78, 5) is 0. The fourth-order valence-corrected chi connectivity index (χ4v) is 3.31. The van der Waals surface area contributed by atoms with Crippen molar-refractivity contribution in [2.75, 3.05) is 13.2 Å². The van der Waals surface area contributed by atoms with Gasteiger partial charge in [0.2, 0.25) is 0 Å². The molecule has 0 radical (unpaired) electrons. The van der Waals surface area contributed by atoms with Crippen LogP contribution in [-0.2, 0) is 12.8 Å². The molecule has 2 rings (SSSR count). The number of halogens is 7. The number of benzene rings is 2. The molecule has 0 bridgehead atoms. The summed E-state index contributed by atoms with van der Waals surface area (Å²) < 4.78 is 85.0. The van der Waals surface area contributed by atoms with Crippen LogP contribution in [0.1, 0.15) is 24.5 Å². The topological polar surface area (TPSA) is 50.7 Å². The molecule has 0 saturated heterocycles. The number of hydrogen-bond donors (Lipinski definition) is 2. The predicted octanol–water partition coefficient (Wildman–Crippen LogP) is 5.69. The molecule has 0 spiro atoms. The lowest BCUT2D eigenvalue weighted by Crippen LogP contribution is -2.43. The molecule has 0 heterocycles. The monoisotopic (exact) mass is 499 g/mol. The lowest BCUT2D eigenvalue weighted by molar-refractivity contribution is -0.274. The Hall–Kier alpha value is -2.17. The summed E-state index contributed by atoms with van der Waals surface area (Å²) in [5.41, 5.74) is 1.29. The molecule has 33 heavy (non-hydrogen) atoms. The summed E-state index contributed by atoms with van der Waals surface area (Å²) in [5, 5.41) is 12.5. The average molecular weight is 500 g/mol. The summed E-state index contributed by atoms with van der Waals surface area (Å²) in [6.07, 6.45) is -11.2. The van der Waals surface area contributed by atoms with Gasteiger partial charge in [0.15, 0.2) is 6.10 Å². The molecular weight excluding hydrogens is 476 g/mol. The third kappa shape index (κ3) is 9.69. The SMILES string of the molecule is CCc1cc(OCCC(Cc2cccc(OC(F)(F)F)c2)NCC(O)C(F)(F)F)ccc1Cl. The highest BCUT2D eigenvalue weighted by molar-refractivity contribution is 6.31. The standard InChI is InChI=1S/C22H24ClF6NO3/c1-2-15-12-17(6-7-19(15)23)32-9-8-16(30-13-20(31)21(24,25)26)10-14-4-3-5-18(11-14)33-22(27,28)29/h3-7,11-12,16,20,30-31H,2,8-10,13H2,1H3. The van der Waals surface area contributed by atoms with Crippen LogP contribution >= 0.6 is 11.6 Å². The summed E-state index contributed by atoms with van der Waals surface area (Å²) >= 11 is 6.07. The molecule has 2 unspecified atom stereocenters. The van der Waals surface area contributed by atoms with Crippen LogP contribution in [0, 0.1) is 0 Å². The number of aliphatic hydroxyl groups is 1. The smallest absolute Gasteiger partial charge is 0.494 e. The molecule has 4 nitrogen and oxygen atoms in total. The van der Waals surface area contributed by atoms with Crippen molar-refractivity contribution in [2.45, 2.75) is 50.9 Å². The maximum Gasteiger partial charge on any atom is 0.573 e. The number of rotatable bonds is 11. The summed E-state index contributed by atoms with van der Waals surface area (Å²) in [6.45, 7) is 1.27. The first-order chi connectivity index (χ1) is 15.4. The lowest BCUT2D eigenvalue weighted by atomic mass is 10.0. The van der Waals surface area contributed by atoms with Gasteiger partial charge in [-0.15, -0.1) is 13.2 Å². The largest absolute Gasteiger partial charge is 0.573 e. The van der Waals surface area contributed by atoms with Crippen LogP contribution < -0.4 is 14.8 Å². The summed E-state index contributed by atoms with van der Waals surface area (Å²) in [5.74, 6) is 0.101. The van der Waals surface area contributed by atoms with Crippen molar-refractivity contribution in [1.82, 2.24) is 5.32 Å². The average Bonchev–Trinajstić information content (AvgIpc) is 2.71. The third-order valence-electron chi connectivity index (χ3n) is 4.72. The fourth-order valence-electron chi connectivity index (χ4n) is 3.06. The molecule has 0 aliphatic heterocycles. The first-order valence-electron chi connectivity index (χ1n) is 10.1. The van der Waals surface area contributed by atoms with E-state index >= 15 is 0 Å². The number of ether oxygens (including phenoxy) is 2. The highest BCUT2D eigenvalue weighted by Gasteiger charge is 2.38. The van der Waals surface area contributed by atoms with E-state index in [0.717, 1.165) is 17.7 Å². The van der Waals surface area contributed by atoms with Crippen molar-refractivity contribution in [3.63, 3.8) is 0 Å². The highest BCUT2D eigenvalue weighted by Crippen LogP contribution is 2.25. The van der Waals surface area contributed by atoms with Gasteiger partial charge in [-0.1, -0.05) is 30.7 Å². The molecular formula is C22H24ClF6NO3. The minimum Gasteiger partial charge on any atom is -0.494 e. The van der Waals surface area contributed by atoms with Gasteiger partial charge in [-0.3, -0.25) is 0 Å². The number of aryl methyl sites for hydroxylation is 1. The first kappa shape index (κ1) is 27.1. The zero-order valence-corrected chi connectivity index (χ0v) is 18.4. The maximum atomic E-state index is 12.7. The molecule has 184 valence electrons. The van der Waals surface area contributed by atoms with Crippen LogP contribution in [0.4, 0.5) is 26.3 Å². The molecule has 2 aromatic rings. The van der Waals surface area contributed by atoms with Gasteiger partial charge in [-0.05, 0) is 60.7 Å². The number of nitrogens with one attached hydrogen (secondary N) is 1. The van der Waals surface area contributed by atoms with Gasteiger partial charge in [0.05, 0.1) is 6.61 Å². The van der Waals surface area contributed by atoms with E-state index in [2.05, 4.69) is 10.1 Å². The normalized spacial score (nSPS) is 14.1. The van der Waals surface area contributed by atoms with Crippen LogP contribution in [-0.4, -0.2) is 42.9 Å². The van der Waals surface area contributed by atoms with Crippen LogP contribution in [0.5, 0.6) is 11.5 Å². The van der Waals surface area contributed by atoms with Crippen molar-refractivity contribution in [3.8, 4) is 11.5 Å². The van der Waals surface area contributed by atoms with Crippen molar-refractivity contribution in [2.24, 2.45) is 0 Å². The minimum atomic E-state index is -4.86. The molecule has 0 aliphatic carbocycles. The van der Waals surface area contributed by atoms with Gasteiger partial charge in [0.25, 0.3) is 0 Å². The van der Waals surface area contributed by atoms with Crippen molar-refractivity contribution < 1.29 is 40.9 Å². The van der Waals surface area contributed by atoms with E-state index in [-0.39, 0.29) is 19.4 Å². The van der Waals surface area contributed by atoms with Crippen LogP contribution in [0.25, 0.3) is 0 Å². The Kier molecular flexibility index (Phi) is 9.69. The number of aliphatic hydroxyl groups excluding tert-OH is 1. The lowest BCUT2D eigenvalue weighted by Gasteiger charge is -2.22. The Labute approximate surface area is 192 Å². The van der Waals surface area contributed by atoms with E-state index in [9.17, 15) is 31.4 Å². The first-order valence-corrected chi connectivity index (χ1v) is 10.5. The summed E-state index contributed by atoms with van der Waals surface area (Å²) in [7, 11) is 0. The van der Waals surface area contributed by atoms with Gasteiger partial charge in [-0.25, -0.2) is 0 Å². The predicted molar refractivity (Wildman–Crippen MR) is 112 cm³/mol. The second-order valence-corrected chi connectivity index (χ2v) is 7.71. The molecule has 0 fully saturated rings. The van der Waals surface area contributed by atoms with Crippen molar-refractivity contribution >= 4 is 11.6 Å². The number of alkyl halides is 6. The van der Waals surface area contributed by atoms with Gasteiger partial charge < -0.3 is 19.9 Å². The molecule has 2 atom stereocenters. The highest BCUT2D eigenvalue weighted by atomic mass is 35.5. The summed E-state index contributed by atoms with van der Waals surface area (Å²) in [6, 6.07) is 9.65. The van der Waals surface area contributed by atoms with E-state index in [1.807, 2.05) is 6.92 Å². The Balaban J connectivity index is 2.05. The minimum absolute atomic E-state index is 0.0871. The van der Waals surface area contributed by atoms with E-state index < -0.39 is 37.0 Å². The van der Waals surface area contributed by atoms with E-state index in [4.69, 9.17) is 16.3 Å². The van der Waals surface area contributed by atoms with Gasteiger partial charge in [-0.2, -0.15) is 13.2 Å². The quantitative estimate of drug-likeness (QED) is 0.390. The molecule has 2 N–H and O–H groups in total. The van der Waals surface area contributed by atoms with Gasteiger partial charge in [0, 0.05) is 17.6 Å². The zero-order valence-electron chi connectivity index (χ0n) is 17.6. The van der Waals surface area contributed by atoms with Gasteiger partial charge >= 0.3 is 12.5 Å². The number of hydrogen-bond acceptors (Lipinski definition) is 4. The van der Waals surface area contributed by atoms with E-state index in [1.54, 1.807) is 18.2 Å². The van der Waals surface area contributed by atoms with Crippen LogP contribution in [0.3, 0.4) is 0 Å². The Morgan fingerprint density at radius 2 is 1.76 bits per heavy atom. The molecule has 11 heteroatoms. The van der Waals surface area contributed by atoms with Crippen LogP contribution in [0.15, 0.2) is 42.5 Å². The Morgan fingerprint density at radius 3 is 2.39 bits per heavy atom. The van der Waals surface area contributed by atoms with Crippen molar-refractivity contribution in [1.29, 1.82) is 0 Å². The molecule has 0 saturated carbocycles. The Bertz CT molecular complexity index is 891. The third-order valence-corrected chi connectivity index (χ3v) is 5.09. The second-order valence-electron chi connectivity index (χ2n) is 7.31. The fraction of sp³-hybridized carbons (Fsp3) is 0.455. The van der Waals surface area contributed by atoms with E-state index in [1.165, 1.54) is 12.1 Å². The molecule has 0 aliphatic rings. The zero-order chi connectivity index (χ0) is 24.6.